The van der Waals surface area contributed by atoms with Gasteiger partial charge in [0, 0.05) is 37.0 Å². The molecule has 1 N–H and O–H groups in total. The van der Waals surface area contributed by atoms with Gasteiger partial charge in [0.25, 0.3) is 0 Å². The molecule has 1 fully saturated rings. The third-order valence-corrected chi connectivity index (χ3v) is 4.15. The van der Waals surface area contributed by atoms with Crippen molar-refractivity contribution >= 4 is 5.69 Å². The van der Waals surface area contributed by atoms with Gasteiger partial charge in [-0.2, -0.15) is 0 Å². The van der Waals surface area contributed by atoms with E-state index in [4.69, 9.17) is 0 Å². The SMILES string of the molecule is CN1C(CCO)CN(c2cccc(F)c2)CC1(C)C. The molecule has 1 aliphatic heterocycles. The molecule has 1 heterocycles. The van der Waals surface area contributed by atoms with Gasteiger partial charge in [-0.1, -0.05) is 6.07 Å². The molecule has 0 bridgehead atoms. The van der Waals surface area contributed by atoms with Crippen LogP contribution in [0.25, 0.3) is 0 Å². The number of piperazine rings is 1. The van der Waals surface area contributed by atoms with Crippen LogP contribution in [0.1, 0.15) is 20.3 Å². The van der Waals surface area contributed by atoms with E-state index in [1.807, 2.05) is 6.07 Å². The van der Waals surface area contributed by atoms with Gasteiger partial charge in [0.2, 0.25) is 0 Å². The Morgan fingerprint density at radius 3 is 2.79 bits per heavy atom. The van der Waals surface area contributed by atoms with Gasteiger partial charge < -0.3 is 10.0 Å². The number of nitrogens with zero attached hydrogens (tertiary/aromatic N) is 2. The number of hydrogen-bond donors (Lipinski definition) is 1. The van der Waals surface area contributed by atoms with Gasteiger partial charge in [0.05, 0.1) is 0 Å². The molecule has 0 amide bonds. The largest absolute Gasteiger partial charge is 0.396 e. The second-order valence-electron chi connectivity index (χ2n) is 5.95. The highest BCUT2D eigenvalue weighted by Gasteiger charge is 2.37. The van der Waals surface area contributed by atoms with Gasteiger partial charge in [-0.05, 0) is 45.5 Å². The summed E-state index contributed by atoms with van der Waals surface area (Å²) >= 11 is 0. The van der Waals surface area contributed by atoms with Crippen molar-refractivity contribution in [2.75, 3.05) is 31.6 Å². The topological polar surface area (TPSA) is 26.7 Å². The zero-order chi connectivity index (χ0) is 14.0. The Balaban J connectivity index is 2.22. The van der Waals surface area contributed by atoms with E-state index in [1.54, 1.807) is 12.1 Å². The zero-order valence-corrected chi connectivity index (χ0v) is 11.9. The standard InChI is InChI=1S/C15H23FN2O/c1-15(2)11-18(10-14(7-8-19)17(15)3)13-6-4-5-12(16)9-13/h4-6,9,14,19H,7-8,10-11H2,1-3H3. The molecule has 1 aliphatic rings. The summed E-state index contributed by atoms with van der Waals surface area (Å²) in [7, 11) is 2.10. The van der Waals surface area contributed by atoms with Crippen LogP contribution >= 0.6 is 0 Å². The van der Waals surface area contributed by atoms with Crippen LogP contribution in [0.3, 0.4) is 0 Å². The van der Waals surface area contributed by atoms with Crippen molar-refractivity contribution in [1.82, 2.24) is 4.90 Å². The molecule has 2 rings (SSSR count). The summed E-state index contributed by atoms with van der Waals surface area (Å²) < 4.78 is 13.4. The quantitative estimate of drug-likeness (QED) is 0.907. The van der Waals surface area contributed by atoms with Crippen LogP contribution in [0.2, 0.25) is 0 Å². The number of benzene rings is 1. The predicted octanol–water partition coefficient (Wildman–Crippen LogP) is 2.11. The Morgan fingerprint density at radius 1 is 1.42 bits per heavy atom. The molecular weight excluding hydrogens is 243 g/mol. The minimum Gasteiger partial charge on any atom is -0.396 e. The van der Waals surface area contributed by atoms with Crippen molar-refractivity contribution in [3.63, 3.8) is 0 Å². The molecule has 4 heteroatoms. The molecule has 19 heavy (non-hydrogen) atoms. The summed E-state index contributed by atoms with van der Waals surface area (Å²) in [5.74, 6) is -0.201. The predicted molar refractivity (Wildman–Crippen MR) is 75.9 cm³/mol. The monoisotopic (exact) mass is 266 g/mol. The summed E-state index contributed by atoms with van der Waals surface area (Å²) in [4.78, 5) is 4.53. The highest BCUT2D eigenvalue weighted by atomic mass is 19.1. The molecule has 3 nitrogen and oxygen atoms in total. The van der Waals surface area contributed by atoms with Crippen LogP contribution in [-0.2, 0) is 0 Å². The third-order valence-electron chi connectivity index (χ3n) is 4.15. The second-order valence-corrected chi connectivity index (χ2v) is 5.95. The number of halogens is 1. The summed E-state index contributed by atoms with van der Waals surface area (Å²) in [5.41, 5.74) is 0.925. The highest BCUT2D eigenvalue weighted by Crippen LogP contribution is 2.29. The van der Waals surface area contributed by atoms with Crippen molar-refractivity contribution in [3.05, 3.63) is 30.1 Å². The number of hydrogen-bond acceptors (Lipinski definition) is 3. The Bertz CT molecular complexity index is 436. The minimum absolute atomic E-state index is 0.00437. The van der Waals surface area contributed by atoms with Crippen LogP contribution in [0.5, 0.6) is 0 Å². The van der Waals surface area contributed by atoms with E-state index < -0.39 is 0 Å². The lowest BCUT2D eigenvalue weighted by Gasteiger charge is -2.51. The number of aliphatic hydroxyl groups is 1. The van der Waals surface area contributed by atoms with E-state index in [1.165, 1.54) is 6.07 Å². The molecule has 106 valence electrons. The molecule has 0 spiro atoms. The van der Waals surface area contributed by atoms with Crippen molar-refractivity contribution in [2.45, 2.75) is 31.8 Å². The number of anilines is 1. The summed E-state index contributed by atoms with van der Waals surface area (Å²) in [6.45, 7) is 6.23. The van der Waals surface area contributed by atoms with E-state index in [0.29, 0.717) is 0 Å². The summed E-state index contributed by atoms with van der Waals surface area (Å²) in [6.07, 6.45) is 0.742. The van der Waals surface area contributed by atoms with Gasteiger partial charge in [-0.15, -0.1) is 0 Å². The summed E-state index contributed by atoms with van der Waals surface area (Å²) in [5, 5.41) is 9.20. The average molecular weight is 266 g/mol. The number of aliphatic hydroxyl groups excluding tert-OH is 1. The van der Waals surface area contributed by atoms with Crippen molar-refractivity contribution in [3.8, 4) is 0 Å². The normalized spacial score (nSPS) is 23.6. The maximum Gasteiger partial charge on any atom is 0.125 e. The van der Waals surface area contributed by atoms with E-state index >= 15 is 0 Å². The fourth-order valence-corrected chi connectivity index (χ4v) is 2.82. The maximum atomic E-state index is 13.4. The Hall–Kier alpha value is -1.13. The number of rotatable bonds is 3. The molecular formula is C15H23FN2O. The number of likely N-dealkylation sites (N-methyl/N-ethyl adjacent to an activating group) is 1. The van der Waals surface area contributed by atoms with Crippen LogP contribution < -0.4 is 4.90 Å². The van der Waals surface area contributed by atoms with Gasteiger partial charge in [-0.25, -0.2) is 4.39 Å². The first kappa shape index (κ1) is 14.3. The summed E-state index contributed by atoms with van der Waals surface area (Å²) in [6, 6.07) is 7.03. The molecule has 0 aliphatic carbocycles. The fraction of sp³-hybridized carbons (Fsp3) is 0.600. The maximum absolute atomic E-state index is 13.4. The average Bonchev–Trinajstić information content (AvgIpc) is 2.35. The zero-order valence-electron chi connectivity index (χ0n) is 11.9. The van der Waals surface area contributed by atoms with Crippen molar-refractivity contribution < 1.29 is 9.50 Å². The Kier molecular flexibility index (Phi) is 4.11. The second kappa shape index (κ2) is 5.47. The van der Waals surface area contributed by atoms with Gasteiger partial charge in [-0.3, -0.25) is 4.90 Å². The molecule has 1 aromatic carbocycles. The van der Waals surface area contributed by atoms with Gasteiger partial charge in [0.1, 0.15) is 5.82 Å². The van der Waals surface area contributed by atoms with Crippen LogP contribution in [0.15, 0.2) is 24.3 Å². The van der Waals surface area contributed by atoms with E-state index in [0.717, 1.165) is 25.2 Å². The van der Waals surface area contributed by atoms with Crippen molar-refractivity contribution in [1.29, 1.82) is 0 Å². The molecule has 1 unspecified atom stereocenters. The first-order valence-corrected chi connectivity index (χ1v) is 6.78. The molecule has 0 radical (unpaired) electrons. The van der Waals surface area contributed by atoms with Gasteiger partial charge in [0.15, 0.2) is 0 Å². The van der Waals surface area contributed by atoms with Crippen LogP contribution in [-0.4, -0.2) is 48.3 Å². The van der Waals surface area contributed by atoms with Crippen molar-refractivity contribution in [2.24, 2.45) is 0 Å². The first-order chi connectivity index (χ1) is 8.94. The Labute approximate surface area is 114 Å². The smallest absolute Gasteiger partial charge is 0.125 e. The molecule has 1 aromatic rings. The van der Waals surface area contributed by atoms with Crippen LogP contribution in [0, 0.1) is 5.82 Å². The lowest BCUT2D eigenvalue weighted by Crippen LogP contribution is -2.62. The lowest BCUT2D eigenvalue weighted by molar-refractivity contribution is 0.0651. The minimum atomic E-state index is -0.201. The highest BCUT2D eigenvalue weighted by molar-refractivity contribution is 5.47. The first-order valence-electron chi connectivity index (χ1n) is 6.78. The van der Waals surface area contributed by atoms with E-state index in [9.17, 15) is 9.50 Å². The third kappa shape index (κ3) is 3.07. The molecule has 0 saturated carbocycles. The van der Waals surface area contributed by atoms with Gasteiger partial charge >= 0.3 is 0 Å². The van der Waals surface area contributed by atoms with E-state index in [-0.39, 0.29) is 24.0 Å². The van der Waals surface area contributed by atoms with Crippen LogP contribution in [0.4, 0.5) is 10.1 Å². The molecule has 0 aromatic heterocycles. The Morgan fingerprint density at radius 2 is 2.16 bits per heavy atom. The molecule has 1 atom stereocenters. The molecule has 1 saturated heterocycles. The fourth-order valence-electron chi connectivity index (χ4n) is 2.82. The van der Waals surface area contributed by atoms with E-state index in [2.05, 4.69) is 30.7 Å². The lowest BCUT2D eigenvalue weighted by atomic mass is 9.94.